The number of hydrogen-bond donors (Lipinski definition) is 0. The Hall–Kier alpha value is -1.46. The molecule has 2 aromatic rings. The standard InChI is InChI=1S/C13H8BrClO4/c14-5-9(16)8-4-12(18)19-11-3-1-2-7(13(8)11)10(17)6-15/h1-4H,5-6H2. The molecular formula is C13H8BrClO4. The highest BCUT2D eigenvalue weighted by Gasteiger charge is 2.18. The minimum absolute atomic E-state index is 0.0505. The van der Waals surface area contributed by atoms with Crippen molar-refractivity contribution in [2.45, 2.75) is 0 Å². The zero-order valence-electron chi connectivity index (χ0n) is 9.61. The highest BCUT2D eigenvalue weighted by molar-refractivity contribution is 9.09. The van der Waals surface area contributed by atoms with Crippen LogP contribution in [0.5, 0.6) is 0 Å². The summed E-state index contributed by atoms with van der Waals surface area (Å²) in [5, 5.41) is 0.381. The van der Waals surface area contributed by atoms with Gasteiger partial charge in [0.15, 0.2) is 11.6 Å². The van der Waals surface area contributed by atoms with Crippen molar-refractivity contribution >= 4 is 50.1 Å². The van der Waals surface area contributed by atoms with E-state index in [0.29, 0.717) is 5.39 Å². The number of carbonyl (C=O) groups is 2. The molecule has 0 spiro atoms. The molecule has 19 heavy (non-hydrogen) atoms. The first-order valence-corrected chi connectivity index (χ1v) is 6.99. The lowest BCUT2D eigenvalue weighted by atomic mass is 9.99. The summed E-state index contributed by atoms with van der Waals surface area (Å²) in [5.74, 6) is -0.836. The van der Waals surface area contributed by atoms with Gasteiger partial charge in [-0.25, -0.2) is 4.79 Å². The molecule has 0 saturated heterocycles. The van der Waals surface area contributed by atoms with Crippen LogP contribution < -0.4 is 5.63 Å². The third-order valence-corrected chi connectivity index (χ3v) is 3.36. The summed E-state index contributed by atoms with van der Waals surface area (Å²) in [6, 6.07) is 5.76. The van der Waals surface area contributed by atoms with E-state index in [9.17, 15) is 14.4 Å². The van der Waals surface area contributed by atoms with Crippen LogP contribution in [0.4, 0.5) is 0 Å². The van der Waals surface area contributed by atoms with Crippen molar-refractivity contribution < 1.29 is 14.0 Å². The lowest BCUT2D eigenvalue weighted by Crippen LogP contribution is -2.11. The maximum atomic E-state index is 11.9. The predicted molar refractivity (Wildman–Crippen MR) is 75.7 cm³/mol. The molecule has 1 heterocycles. The molecule has 0 fully saturated rings. The Balaban J connectivity index is 2.89. The monoisotopic (exact) mass is 342 g/mol. The number of benzene rings is 1. The first kappa shape index (κ1) is 14.0. The molecule has 0 amide bonds. The summed E-state index contributed by atoms with van der Waals surface area (Å²) in [5.41, 5.74) is 0.0118. The predicted octanol–water partition coefficient (Wildman–Crippen LogP) is 2.79. The van der Waals surface area contributed by atoms with Crippen LogP contribution in [-0.4, -0.2) is 22.8 Å². The van der Waals surface area contributed by atoms with Crippen molar-refractivity contribution in [3.05, 3.63) is 45.8 Å². The number of Topliss-reactive ketones (excluding diaryl/α,β-unsaturated/α-hetero) is 2. The van der Waals surface area contributed by atoms with Crippen LogP contribution in [0.15, 0.2) is 33.5 Å². The van der Waals surface area contributed by atoms with Gasteiger partial charge in [0.1, 0.15) is 5.58 Å². The van der Waals surface area contributed by atoms with E-state index in [1.54, 1.807) is 12.1 Å². The van der Waals surface area contributed by atoms with Gasteiger partial charge in [-0.2, -0.15) is 0 Å². The van der Waals surface area contributed by atoms with Crippen molar-refractivity contribution in [2.75, 3.05) is 11.2 Å². The largest absolute Gasteiger partial charge is 0.423 e. The van der Waals surface area contributed by atoms with E-state index >= 15 is 0 Å². The Morgan fingerprint density at radius 2 is 1.95 bits per heavy atom. The number of alkyl halides is 2. The van der Waals surface area contributed by atoms with Crippen molar-refractivity contribution in [3.63, 3.8) is 0 Å². The molecule has 0 N–H and O–H groups in total. The zero-order chi connectivity index (χ0) is 14.0. The molecule has 0 aliphatic rings. The van der Waals surface area contributed by atoms with Crippen molar-refractivity contribution in [1.82, 2.24) is 0 Å². The highest BCUT2D eigenvalue weighted by Crippen LogP contribution is 2.23. The van der Waals surface area contributed by atoms with Crippen LogP contribution in [0.3, 0.4) is 0 Å². The second kappa shape index (κ2) is 5.67. The molecule has 0 unspecified atom stereocenters. The summed E-state index contributed by atoms with van der Waals surface area (Å²) in [4.78, 5) is 35.1. The van der Waals surface area contributed by atoms with Gasteiger partial charge in [0, 0.05) is 22.6 Å². The Labute approximate surface area is 121 Å². The van der Waals surface area contributed by atoms with Gasteiger partial charge < -0.3 is 4.42 Å². The van der Waals surface area contributed by atoms with E-state index < -0.39 is 5.63 Å². The van der Waals surface area contributed by atoms with Gasteiger partial charge in [0.2, 0.25) is 0 Å². The fourth-order valence-corrected chi connectivity index (χ4v) is 2.26. The normalized spacial score (nSPS) is 10.6. The summed E-state index contributed by atoms with van der Waals surface area (Å²) < 4.78 is 5.01. The average molecular weight is 344 g/mol. The third kappa shape index (κ3) is 2.62. The molecule has 0 saturated carbocycles. The Kier molecular flexibility index (Phi) is 4.17. The number of ketones is 2. The highest BCUT2D eigenvalue weighted by atomic mass is 79.9. The maximum absolute atomic E-state index is 11.9. The van der Waals surface area contributed by atoms with Gasteiger partial charge in [0.05, 0.1) is 11.2 Å². The van der Waals surface area contributed by atoms with Crippen LogP contribution in [0.1, 0.15) is 20.7 Å². The molecule has 1 aromatic heterocycles. The van der Waals surface area contributed by atoms with Crippen LogP contribution >= 0.6 is 27.5 Å². The fraction of sp³-hybridized carbons (Fsp3) is 0.154. The van der Waals surface area contributed by atoms with Crippen LogP contribution in [-0.2, 0) is 0 Å². The Bertz CT molecular complexity index is 720. The van der Waals surface area contributed by atoms with Crippen LogP contribution in [0, 0.1) is 0 Å². The molecule has 0 aliphatic heterocycles. The maximum Gasteiger partial charge on any atom is 0.336 e. The first-order chi connectivity index (χ1) is 9.08. The van der Waals surface area contributed by atoms with E-state index in [1.807, 2.05) is 0 Å². The van der Waals surface area contributed by atoms with Gasteiger partial charge in [-0.15, -0.1) is 11.6 Å². The number of carbonyl (C=O) groups excluding carboxylic acids is 2. The summed E-state index contributed by atoms with van der Waals surface area (Å²) in [7, 11) is 0. The molecule has 4 nitrogen and oxygen atoms in total. The molecule has 0 aliphatic carbocycles. The first-order valence-electron chi connectivity index (χ1n) is 5.33. The Morgan fingerprint density at radius 1 is 1.21 bits per heavy atom. The van der Waals surface area contributed by atoms with E-state index in [0.717, 1.165) is 6.07 Å². The van der Waals surface area contributed by atoms with Crippen LogP contribution in [0.2, 0.25) is 0 Å². The minimum atomic E-state index is -0.632. The third-order valence-electron chi connectivity index (χ3n) is 2.61. The van der Waals surface area contributed by atoms with Gasteiger partial charge in [0.25, 0.3) is 0 Å². The SMILES string of the molecule is O=C(CCl)c1cccc2oc(=O)cc(C(=O)CBr)c12. The van der Waals surface area contributed by atoms with E-state index in [1.165, 1.54) is 6.07 Å². The number of hydrogen-bond acceptors (Lipinski definition) is 4. The quantitative estimate of drug-likeness (QED) is 0.486. The van der Waals surface area contributed by atoms with Gasteiger partial charge >= 0.3 is 5.63 Å². The minimum Gasteiger partial charge on any atom is -0.423 e. The van der Waals surface area contributed by atoms with Gasteiger partial charge in [-0.05, 0) is 6.07 Å². The number of fused-ring (bicyclic) bond motifs is 1. The van der Waals surface area contributed by atoms with Crippen LogP contribution in [0.25, 0.3) is 11.0 Å². The lowest BCUT2D eigenvalue weighted by Gasteiger charge is -2.07. The second-order valence-corrected chi connectivity index (χ2v) is 4.60. The van der Waals surface area contributed by atoms with Crippen molar-refractivity contribution in [1.29, 1.82) is 0 Å². The molecule has 0 bridgehead atoms. The zero-order valence-corrected chi connectivity index (χ0v) is 12.0. The van der Waals surface area contributed by atoms with E-state index in [-0.39, 0.29) is 39.5 Å². The summed E-state index contributed by atoms with van der Waals surface area (Å²) >= 11 is 8.60. The average Bonchev–Trinajstić information content (AvgIpc) is 2.43. The van der Waals surface area contributed by atoms with Gasteiger partial charge in [-0.1, -0.05) is 28.1 Å². The number of halogens is 2. The van der Waals surface area contributed by atoms with Crippen molar-refractivity contribution in [2.24, 2.45) is 0 Å². The molecule has 0 atom stereocenters. The number of rotatable bonds is 4. The van der Waals surface area contributed by atoms with E-state index in [4.69, 9.17) is 16.0 Å². The summed E-state index contributed by atoms with van der Waals surface area (Å²) in [6.07, 6.45) is 0. The molecule has 0 radical (unpaired) electrons. The summed E-state index contributed by atoms with van der Waals surface area (Å²) in [6.45, 7) is 0. The molecular weight excluding hydrogens is 335 g/mol. The molecule has 1 aromatic carbocycles. The molecule has 2 rings (SSSR count). The van der Waals surface area contributed by atoms with E-state index in [2.05, 4.69) is 15.9 Å². The van der Waals surface area contributed by atoms with Gasteiger partial charge in [-0.3, -0.25) is 9.59 Å². The molecule has 6 heteroatoms. The second-order valence-electron chi connectivity index (χ2n) is 3.77. The lowest BCUT2D eigenvalue weighted by molar-refractivity contribution is 0.102. The topological polar surface area (TPSA) is 64.3 Å². The molecule has 98 valence electrons. The van der Waals surface area contributed by atoms with Crippen molar-refractivity contribution in [3.8, 4) is 0 Å². The fourth-order valence-electron chi connectivity index (χ4n) is 1.82. The Morgan fingerprint density at radius 3 is 2.58 bits per heavy atom. The smallest absolute Gasteiger partial charge is 0.336 e.